The molecule has 3 atom stereocenters. The quantitative estimate of drug-likeness (QED) is 0.0906. The van der Waals surface area contributed by atoms with Gasteiger partial charge >= 0.3 is 24.0 Å². The number of nitrogens with two attached hydrogens (primary N) is 1. The monoisotopic (exact) mass is 645 g/mol. The van der Waals surface area contributed by atoms with Gasteiger partial charge < -0.3 is 54.4 Å². The van der Waals surface area contributed by atoms with Crippen LogP contribution in [0.2, 0.25) is 0 Å². The molecule has 13 heteroatoms. The third-order valence-electron chi connectivity index (χ3n) is 7.00. The van der Waals surface area contributed by atoms with Gasteiger partial charge in [-0.25, -0.2) is 14.4 Å². The summed E-state index contributed by atoms with van der Waals surface area (Å²) in [6.07, 6.45) is 0.435. The summed E-state index contributed by atoms with van der Waals surface area (Å²) in [7, 11) is 0. The van der Waals surface area contributed by atoms with Gasteiger partial charge in [-0.2, -0.15) is 0 Å². The van der Waals surface area contributed by atoms with Gasteiger partial charge in [0.1, 0.15) is 12.1 Å². The number of ether oxygens (including phenoxy) is 1. The summed E-state index contributed by atoms with van der Waals surface area (Å²) < 4.78 is 4.41. The number of nitrogens with one attached hydrogen (secondary N) is 1. The molecular formula is C32H40ClN3O9. The Morgan fingerprint density at radius 3 is 1.78 bits per heavy atom. The van der Waals surface area contributed by atoms with E-state index in [1.54, 1.807) is 0 Å². The number of halogens is 1. The zero-order valence-electron chi connectivity index (χ0n) is 25.5. The standard InChI is InChI=1S/C12H13NO3.C11H15NO2.C9H11NO4.ClH/c1-7-3-4-9(5-8(7)2)6-10-11(14)16-12(15)13-10;1-7-3-4-9(5-8(7)2)6-10(12)11(13)14;10-6(9(13)14)3-5-1-2-7(11)8(12)4-5;/h3-5,10H,6H2,1-2H3,(H,13,15);3-5,10H,6,12H2,1-2H3,(H,13,14);1-2,4,6,11-12H,3,10H2,(H,13,14);1H/t2*10-;6-;/m000./s1. The fourth-order valence-corrected chi connectivity index (χ4v) is 4.03. The maximum absolute atomic E-state index is 11.2. The molecule has 0 saturated carbocycles. The zero-order chi connectivity index (χ0) is 33.1. The molecular weight excluding hydrogens is 606 g/mol. The molecule has 10 N–H and O–H groups in total. The van der Waals surface area contributed by atoms with Crippen molar-refractivity contribution in [1.82, 2.24) is 5.32 Å². The topological polar surface area (TPSA) is 224 Å². The zero-order valence-corrected chi connectivity index (χ0v) is 26.3. The van der Waals surface area contributed by atoms with Gasteiger partial charge in [0, 0.05) is 12.8 Å². The Labute approximate surface area is 267 Å². The van der Waals surface area contributed by atoms with Crippen molar-refractivity contribution in [2.45, 2.75) is 65.1 Å². The number of cyclic esters (lactones) is 2. The minimum atomic E-state index is -1.10. The van der Waals surface area contributed by atoms with Crippen LogP contribution in [-0.4, -0.2) is 62.6 Å². The minimum Gasteiger partial charge on any atom is -1.00 e. The van der Waals surface area contributed by atoms with E-state index in [1.807, 2.05) is 64.1 Å². The van der Waals surface area contributed by atoms with Crippen molar-refractivity contribution in [1.29, 1.82) is 0 Å². The number of aliphatic carboxylic acids is 2. The number of carbonyl (C=O) groups is 4. The van der Waals surface area contributed by atoms with Crippen LogP contribution in [0.4, 0.5) is 4.79 Å². The molecule has 0 bridgehead atoms. The highest BCUT2D eigenvalue weighted by Gasteiger charge is 2.32. The highest BCUT2D eigenvalue weighted by Crippen LogP contribution is 2.25. The maximum Gasteiger partial charge on any atom is 0.415 e. The van der Waals surface area contributed by atoms with E-state index in [1.165, 1.54) is 40.5 Å². The van der Waals surface area contributed by atoms with Crippen molar-refractivity contribution in [2.75, 3.05) is 0 Å². The van der Waals surface area contributed by atoms with Crippen LogP contribution in [0, 0.1) is 27.7 Å². The molecule has 1 saturated heterocycles. The second-order valence-corrected chi connectivity index (χ2v) is 10.7. The maximum atomic E-state index is 11.2. The molecule has 1 fully saturated rings. The summed E-state index contributed by atoms with van der Waals surface area (Å²) in [4.78, 5) is 43.1. The number of alkyl carbamates (subject to hydrolysis) is 1. The van der Waals surface area contributed by atoms with Crippen LogP contribution in [0.5, 0.6) is 11.5 Å². The van der Waals surface area contributed by atoms with Crippen molar-refractivity contribution in [3.05, 3.63) is 93.5 Å². The number of carbonyl (C=O) groups excluding carboxylic acids is 2. The normalized spacial score (nSPS) is 14.7. The van der Waals surface area contributed by atoms with Gasteiger partial charge in [0.2, 0.25) is 0 Å². The number of amides is 1. The Kier molecular flexibility index (Phi) is 15.0. The SMILES string of the molecule is Cc1ccc(C[C@@H]2NC(=O)OC2=O)cc1C.Cc1ccc(C[C@H]([NH3+])C(=O)O)cc1C.N[C@@H](Cc1ccc(O)c(O)c1)C(=O)O.[Cl-]. The summed E-state index contributed by atoms with van der Waals surface area (Å²) >= 11 is 0. The van der Waals surface area contributed by atoms with Crippen LogP contribution >= 0.6 is 0 Å². The lowest BCUT2D eigenvalue weighted by atomic mass is 10.0. The van der Waals surface area contributed by atoms with Crippen LogP contribution < -0.4 is 29.2 Å². The first-order chi connectivity index (χ1) is 20.6. The number of benzene rings is 3. The number of phenolic OH excluding ortho intramolecular Hbond substituents is 2. The lowest BCUT2D eigenvalue weighted by molar-refractivity contribution is -0.407. The number of hydrogen-bond acceptors (Lipinski definition) is 8. The molecule has 1 amide bonds. The lowest BCUT2D eigenvalue weighted by Crippen LogP contribution is -3.00. The smallest absolute Gasteiger partial charge is 0.415 e. The van der Waals surface area contributed by atoms with E-state index < -0.39 is 42.1 Å². The first-order valence-corrected chi connectivity index (χ1v) is 13.8. The Balaban J connectivity index is 0.000000335. The lowest BCUT2D eigenvalue weighted by Gasteiger charge is -2.07. The summed E-state index contributed by atoms with van der Waals surface area (Å²) in [5.74, 6) is -2.96. The number of aromatic hydroxyl groups is 2. The molecule has 3 aromatic rings. The first kappa shape index (κ1) is 38.4. The van der Waals surface area contributed by atoms with Crippen LogP contribution in [-0.2, 0) is 38.4 Å². The van der Waals surface area contributed by atoms with Gasteiger partial charge in [0.05, 0.1) is 0 Å². The Morgan fingerprint density at radius 2 is 1.31 bits per heavy atom. The summed E-state index contributed by atoms with van der Waals surface area (Å²) in [5, 5.41) is 37.8. The molecule has 1 aliphatic rings. The van der Waals surface area contributed by atoms with Crippen molar-refractivity contribution < 1.29 is 62.5 Å². The molecule has 0 aliphatic carbocycles. The molecule has 45 heavy (non-hydrogen) atoms. The summed E-state index contributed by atoms with van der Waals surface area (Å²) in [6.45, 7) is 8.12. The fraction of sp³-hybridized carbons (Fsp3) is 0.312. The molecule has 0 spiro atoms. The predicted octanol–water partition coefficient (Wildman–Crippen LogP) is -0.922. The van der Waals surface area contributed by atoms with Crippen molar-refractivity contribution in [3.63, 3.8) is 0 Å². The van der Waals surface area contributed by atoms with Crippen LogP contribution in [0.25, 0.3) is 0 Å². The minimum absolute atomic E-state index is 0. The average molecular weight is 646 g/mol. The second kappa shape index (κ2) is 17.6. The van der Waals surface area contributed by atoms with E-state index in [0.717, 1.165) is 11.1 Å². The number of carboxylic acid groups (broad SMARTS) is 2. The number of phenols is 2. The van der Waals surface area contributed by atoms with E-state index in [0.29, 0.717) is 18.4 Å². The third kappa shape index (κ3) is 12.5. The van der Waals surface area contributed by atoms with Gasteiger partial charge in [0.15, 0.2) is 17.5 Å². The van der Waals surface area contributed by atoms with E-state index in [2.05, 4.69) is 15.8 Å². The van der Waals surface area contributed by atoms with Crippen LogP contribution in [0.15, 0.2) is 54.6 Å². The van der Waals surface area contributed by atoms with Crippen molar-refractivity contribution in [3.8, 4) is 11.5 Å². The molecule has 0 radical (unpaired) electrons. The number of rotatable bonds is 8. The summed E-state index contributed by atoms with van der Waals surface area (Å²) in [6, 6.07) is 14.0. The number of quaternary nitrogens is 1. The van der Waals surface area contributed by atoms with Crippen LogP contribution in [0.1, 0.15) is 38.9 Å². The average Bonchev–Trinajstić information content (AvgIpc) is 3.27. The van der Waals surface area contributed by atoms with Gasteiger partial charge in [0.25, 0.3) is 0 Å². The molecule has 0 unspecified atom stereocenters. The molecule has 12 nitrogen and oxygen atoms in total. The summed E-state index contributed by atoms with van der Waals surface area (Å²) in [5.41, 5.74) is 16.3. The largest absolute Gasteiger partial charge is 1.00 e. The number of aryl methyl sites for hydroxylation is 4. The third-order valence-corrected chi connectivity index (χ3v) is 7.00. The van der Waals surface area contributed by atoms with E-state index >= 15 is 0 Å². The van der Waals surface area contributed by atoms with E-state index in [9.17, 15) is 19.2 Å². The van der Waals surface area contributed by atoms with Gasteiger partial charge in [-0.3, -0.25) is 4.79 Å². The van der Waals surface area contributed by atoms with Crippen molar-refractivity contribution in [2.24, 2.45) is 5.73 Å². The molecule has 1 aliphatic heterocycles. The number of esters is 1. The molecule has 1 heterocycles. The van der Waals surface area contributed by atoms with Crippen LogP contribution in [0.3, 0.4) is 0 Å². The predicted molar refractivity (Wildman–Crippen MR) is 161 cm³/mol. The van der Waals surface area contributed by atoms with E-state index in [4.69, 9.17) is 26.2 Å². The van der Waals surface area contributed by atoms with Gasteiger partial charge in [-0.05, 0) is 85.2 Å². The Morgan fingerprint density at radius 1 is 0.800 bits per heavy atom. The highest BCUT2D eigenvalue weighted by molar-refractivity contribution is 5.95. The molecule has 3 aromatic carbocycles. The second-order valence-electron chi connectivity index (χ2n) is 10.7. The van der Waals surface area contributed by atoms with Crippen molar-refractivity contribution >= 4 is 24.0 Å². The highest BCUT2D eigenvalue weighted by atomic mass is 35.5. The molecule has 244 valence electrons. The first-order valence-electron chi connectivity index (χ1n) is 13.8. The molecule has 4 rings (SSSR count). The Hall–Kier alpha value is -4.65. The molecule has 0 aromatic heterocycles. The van der Waals surface area contributed by atoms with E-state index in [-0.39, 0.29) is 30.3 Å². The fourth-order valence-electron chi connectivity index (χ4n) is 4.03. The van der Waals surface area contributed by atoms with Gasteiger partial charge in [-0.1, -0.05) is 42.5 Å². The number of hydrogen-bond donors (Lipinski definition) is 7. The Bertz CT molecular complexity index is 1440. The number of carboxylic acids is 2. The van der Waals surface area contributed by atoms with Gasteiger partial charge in [-0.15, -0.1) is 0 Å².